The predicted molar refractivity (Wildman–Crippen MR) is 113 cm³/mol. The zero-order chi connectivity index (χ0) is 21.4. The van der Waals surface area contributed by atoms with Crippen LogP contribution in [-0.4, -0.2) is 45.5 Å². The Balaban J connectivity index is 2.22. The van der Waals surface area contributed by atoms with Crippen molar-refractivity contribution in [2.24, 2.45) is 0 Å². The minimum absolute atomic E-state index is 0.0627. The van der Waals surface area contributed by atoms with Gasteiger partial charge in [0.25, 0.3) is 15.9 Å². The highest BCUT2D eigenvalue weighted by molar-refractivity contribution is 7.92. The van der Waals surface area contributed by atoms with Gasteiger partial charge in [-0.25, -0.2) is 8.42 Å². The summed E-state index contributed by atoms with van der Waals surface area (Å²) in [6, 6.07) is 10.9. The molecule has 29 heavy (non-hydrogen) atoms. The third-order valence-corrected chi connectivity index (χ3v) is 5.64. The molecule has 0 saturated heterocycles. The summed E-state index contributed by atoms with van der Waals surface area (Å²) < 4.78 is 39.0. The third kappa shape index (κ3) is 5.63. The van der Waals surface area contributed by atoms with Crippen molar-refractivity contribution in [1.29, 1.82) is 0 Å². The first-order valence-corrected chi connectivity index (χ1v) is 11.2. The minimum Gasteiger partial charge on any atom is -0.490 e. The molecule has 2 aromatic carbocycles. The molecule has 7 nitrogen and oxygen atoms in total. The minimum atomic E-state index is -3.83. The lowest BCUT2D eigenvalue weighted by molar-refractivity contribution is 0.0773. The van der Waals surface area contributed by atoms with Gasteiger partial charge in [0.05, 0.1) is 18.1 Å². The Hall–Kier alpha value is -2.74. The van der Waals surface area contributed by atoms with Crippen LogP contribution in [0.15, 0.2) is 47.4 Å². The fraction of sp³-hybridized carbons (Fsp3) is 0.381. The quantitative estimate of drug-likeness (QED) is 0.632. The molecular weight excluding hydrogens is 392 g/mol. The zero-order valence-corrected chi connectivity index (χ0v) is 18.1. The largest absolute Gasteiger partial charge is 0.490 e. The van der Waals surface area contributed by atoms with Crippen molar-refractivity contribution < 1.29 is 22.7 Å². The Kier molecular flexibility index (Phi) is 7.90. The second-order valence-electron chi connectivity index (χ2n) is 6.13. The van der Waals surface area contributed by atoms with E-state index in [1.54, 1.807) is 35.2 Å². The number of benzene rings is 2. The van der Waals surface area contributed by atoms with Gasteiger partial charge in [0.15, 0.2) is 11.5 Å². The number of ether oxygens (including phenoxy) is 2. The topological polar surface area (TPSA) is 84.9 Å². The Morgan fingerprint density at radius 2 is 1.48 bits per heavy atom. The lowest BCUT2D eigenvalue weighted by Crippen LogP contribution is -2.30. The van der Waals surface area contributed by atoms with E-state index in [1.165, 1.54) is 12.1 Å². The molecule has 0 bridgehead atoms. The van der Waals surface area contributed by atoms with Crippen LogP contribution in [0.5, 0.6) is 11.5 Å². The lowest BCUT2D eigenvalue weighted by atomic mass is 10.2. The summed E-state index contributed by atoms with van der Waals surface area (Å²) in [7, 11) is -3.83. The number of hydrogen-bond donors (Lipinski definition) is 1. The summed E-state index contributed by atoms with van der Waals surface area (Å²) in [5.74, 6) is 0.780. The molecule has 0 fully saturated rings. The van der Waals surface area contributed by atoms with Gasteiger partial charge >= 0.3 is 0 Å². The fourth-order valence-corrected chi connectivity index (χ4v) is 3.86. The fourth-order valence-electron chi connectivity index (χ4n) is 2.79. The smallest absolute Gasteiger partial charge is 0.262 e. The van der Waals surface area contributed by atoms with Gasteiger partial charge in [-0.15, -0.1) is 0 Å². The molecule has 0 spiro atoms. The van der Waals surface area contributed by atoms with Gasteiger partial charge in [0.2, 0.25) is 0 Å². The summed E-state index contributed by atoms with van der Waals surface area (Å²) in [5.41, 5.74) is 0.879. The van der Waals surface area contributed by atoms with Gasteiger partial charge in [-0.3, -0.25) is 9.52 Å². The van der Waals surface area contributed by atoms with Crippen LogP contribution in [0.25, 0.3) is 0 Å². The number of nitrogens with one attached hydrogen (secondary N) is 1. The summed E-state index contributed by atoms with van der Waals surface area (Å²) in [6.45, 7) is 9.55. The van der Waals surface area contributed by atoms with E-state index in [2.05, 4.69) is 4.72 Å². The third-order valence-electron chi connectivity index (χ3n) is 4.26. The number of carbonyl (C=O) groups excluding carboxylic acids is 1. The Bertz CT molecular complexity index is 923. The second kappa shape index (κ2) is 10.2. The van der Waals surface area contributed by atoms with Crippen molar-refractivity contribution in [1.82, 2.24) is 4.90 Å². The van der Waals surface area contributed by atoms with Crippen LogP contribution in [-0.2, 0) is 10.0 Å². The molecule has 0 aromatic heterocycles. The molecule has 0 aliphatic carbocycles. The molecule has 0 aliphatic heterocycles. The highest BCUT2D eigenvalue weighted by Gasteiger charge is 2.18. The van der Waals surface area contributed by atoms with Gasteiger partial charge in [-0.1, -0.05) is 0 Å². The van der Waals surface area contributed by atoms with Gasteiger partial charge < -0.3 is 14.4 Å². The summed E-state index contributed by atoms with van der Waals surface area (Å²) >= 11 is 0. The molecule has 0 unspecified atom stereocenters. The molecule has 2 rings (SSSR count). The van der Waals surface area contributed by atoms with E-state index in [1.807, 2.05) is 27.7 Å². The predicted octanol–water partition coefficient (Wildman–Crippen LogP) is 3.77. The summed E-state index contributed by atoms with van der Waals surface area (Å²) in [4.78, 5) is 14.1. The molecule has 0 aliphatic rings. The van der Waals surface area contributed by atoms with Crippen LogP contribution in [0.2, 0.25) is 0 Å². The number of carbonyl (C=O) groups is 1. The van der Waals surface area contributed by atoms with Crippen molar-refractivity contribution in [3.8, 4) is 11.5 Å². The van der Waals surface area contributed by atoms with Crippen LogP contribution in [0.4, 0.5) is 5.69 Å². The first-order chi connectivity index (χ1) is 13.9. The lowest BCUT2D eigenvalue weighted by Gasteiger charge is -2.18. The molecule has 0 atom stereocenters. The molecule has 2 aromatic rings. The van der Waals surface area contributed by atoms with Gasteiger partial charge in [-0.05, 0) is 64.1 Å². The van der Waals surface area contributed by atoms with Crippen molar-refractivity contribution in [3.05, 3.63) is 48.0 Å². The average molecular weight is 421 g/mol. The molecule has 8 heteroatoms. The van der Waals surface area contributed by atoms with Gasteiger partial charge in [-0.2, -0.15) is 0 Å². The maximum atomic E-state index is 12.8. The van der Waals surface area contributed by atoms with Crippen molar-refractivity contribution in [2.45, 2.75) is 32.6 Å². The molecule has 1 N–H and O–H groups in total. The number of anilines is 1. The first kappa shape index (κ1) is 22.5. The highest BCUT2D eigenvalue weighted by Crippen LogP contribution is 2.31. The molecule has 158 valence electrons. The van der Waals surface area contributed by atoms with Crippen LogP contribution in [0, 0.1) is 0 Å². The standard InChI is InChI=1S/C21H28N2O5S/c1-5-23(6-2)21(24)16-9-11-17(12-10-16)22-29(25,26)18-13-14-19(27-7-3)20(15-18)28-8-4/h9-15,22H,5-8H2,1-4H3. The number of amides is 1. The van der Waals surface area contributed by atoms with Crippen molar-refractivity contribution >= 4 is 21.6 Å². The molecule has 0 radical (unpaired) electrons. The van der Waals surface area contributed by atoms with E-state index in [0.717, 1.165) is 0 Å². The second-order valence-corrected chi connectivity index (χ2v) is 7.82. The maximum absolute atomic E-state index is 12.8. The Labute approximate surface area is 172 Å². The van der Waals surface area contributed by atoms with Crippen LogP contribution in [0.1, 0.15) is 38.1 Å². The number of nitrogens with zero attached hydrogens (tertiary/aromatic N) is 1. The van der Waals surface area contributed by atoms with Gasteiger partial charge in [0, 0.05) is 30.4 Å². The molecular formula is C21H28N2O5S. The summed E-state index contributed by atoms with van der Waals surface area (Å²) in [6.07, 6.45) is 0. The molecule has 1 amide bonds. The molecule has 0 saturated carbocycles. The SMILES string of the molecule is CCOc1ccc(S(=O)(=O)Nc2ccc(C(=O)N(CC)CC)cc2)cc1OCC. The molecule has 0 heterocycles. The van der Waals surface area contributed by atoms with Crippen LogP contribution < -0.4 is 14.2 Å². The summed E-state index contributed by atoms with van der Waals surface area (Å²) in [5, 5.41) is 0. The maximum Gasteiger partial charge on any atom is 0.262 e. The number of rotatable bonds is 10. The zero-order valence-electron chi connectivity index (χ0n) is 17.3. The van der Waals surface area contributed by atoms with Crippen LogP contribution >= 0.6 is 0 Å². The monoisotopic (exact) mass is 420 g/mol. The average Bonchev–Trinajstić information content (AvgIpc) is 2.70. The van der Waals surface area contributed by atoms with E-state index in [4.69, 9.17) is 9.47 Å². The Morgan fingerprint density at radius 3 is 2.03 bits per heavy atom. The van der Waals surface area contributed by atoms with E-state index in [-0.39, 0.29) is 10.8 Å². The van der Waals surface area contributed by atoms with Gasteiger partial charge in [0.1, 0.15) is 0 Å². The van der Waals surface area contributed by atoms with E-state index >= 15 is 0 Å². The Morgan fingerprint density at radius 1 is 0.897 bits per heavy atom. The van der Waals surface area contributed by atoms with E-state index < -0.39 is 10.0 Å². The van der Waals surface area contributed by atoms with Crippen molar-refractivity contribution in [3.63, 3.8) is 0 Å². The van der Waals surface area contributed by atoms with E-state index in [9.17, 15) is 13.2 Å². The number of sulfonamides is 1. The first-order valence-electron chi connectivity index (χ1n) is 9.68. The van der Waals surface area contributed by atoms with Crippen molar-refractivity contribution in [2.75, 3.05) is 31.0 Å². The number of hydrogen-bond acceptors (Lipinski definition) is 5. The van der Waals surface area contributed by atoms with E-state index in [0.29, 0.717) is 49.1 Å². The van der Waals surface area contributed by atoms with Crippen LogP contribution in [0.3, 0.4) is 0 Å². The normalized spacial score (nSPS) is 11.0. The highest BCUT2D eigenvalue weighted by atomic mass is 32.2.